The van der Waals surface area contributed by atoms with Crippen molar-refractivity contribution in [2.75, 3.05) is 16.6 Å². The average molecular weight is 439 g/mol. The minimum Gasteiger partial charge on any atom is -0.475 e. The summed E-state index contributed by atoms with van der Waals surface area (Å²) < 4.78 is 34.6. The minimum atomic E-state index is -3.87. The van der Waals surface area contributed by atoms with Crippen molar-refractivity contribution < 1.29 is 13.2 Å². The molecule has 0 fully saturated rings. The fourth-order valence-electron chi connectivity index (χ4n) is 3.61. The van der Waals surface area contributed by atoms with Crippen molar-refractivity contribution in [2.45, 2.75) is 38.6 Å². The summed E-state index contributed by atoms with van der Waals surface area (Å²) in [5.41, 5.74) is 4.33. The van der Waals surface area contributed by atoms with Crippen molar-refractivity contribution in [1.82, 2.24) is 9.97 Å². The molecule has 8 heteroatoms. The van der Waals surface area contributed by atoms with E-state index < -0.39 is 10.0 Å². The first-order chi connectivity index (χ1) is 14.7. The van der Waals surface area contributed by atoms with Crippen molar-refractivity contribution in [3.8, 4) is 17.1 Å². The maximum atomic E-state index is 13.0. The van der Waals surface area contributed by atoms with Gasteiger partial charge in [-0.15, -0.1) is 0 Å². The van der Waals surface area contributed by atoms with Gasteiger partial charge in [-0.25, -0.2) is 18.1 Å². The lowest BCUT2D eigenvalue weighted by molar-refractivity contribution is 0.261. The Balaban J connectivity index is 1.87. The van der Waals surface area contributed by atoms with Crippen LogP contribution < -0.4 is 14.8 Å². The van der Waals surface area contributed by atoms with E-state index in [0.717, 1.165) is 16.7 Å². The molecule has 0 aliphatic carbocycles. The van der Waals surface area contributed by atoms with Gasteiger partial charge in [-0.1, -0.05) is 38.1 Å². The third kappa shape index (κ3) is 4.49. The molecule has 2 N–H and O–H groups in total. The van der Waals surface area contributed by atoms with E-state index in [1.807, 2.05) is 38.1 Å². The molecule has 0 saturated carbocycles. The van der Waals surface area contributed by atoms with Gasteiger partial charge >= 0.3 is 0 Å². The standard InChI is InChI=1S/C23H26N4O3S/c1-14(2)20-13-30-21-12-19(22-15(3)7-5-8-16(22)4)25-23(26-21)27-31(28,29)18-10-6-9-17(11-18)24-20/h5-12,14,20,24H,13H2,1-4H3,(H,25,26,27). The van der Waals surface area contributed by atoms with Gasteiger partial charge in [-0.05, 0) is 49.1 Å². The normalized spacial score (nSPS) is 17.5. The SMILES string of the molecule is Cc1cccc(C)c1-c1cc2nc(n1)NS(=O)(=O)c1cccc(c1)NC(C(C)C)CO2. The molecule has 7 nitrogen and oxygen atoms in total. The number of hydrogen-bond donors (Lipinski definition) is 2. The Labute approximate surface area is 183 Å². The first-order valence-electron chi connectivity index (χ1n) is 10.2. The van der Waals surface area contributed by atoms with Gasteiger partial charge in [0.25, 0.3) is 10.0 Å². The highest BCUT2D eigenvalue weighted by Crippen LogP contribution is 2.30. The van der Waals surface area contributed by atoms with E-state index >= 15 is 0 Å². The van der Waals surface area contributed by atoms with Crippen LogP contribution in [0, 0.1) is 19.8 Å². The first kappa shape index (κ1) is 21.1. The van der Waals surface area contributed by atoms with Crippen LogP contribution in [0.5, 0.6) is 5.88 Å². The molecule has 1 aliphatic rings. The number of rotatable bonds is 2. The van der Waals surface area contributed by atoms with Gasteiger partial charge in [0.15, 0.2) is 0 Å². The predicted octanol–water partition coefficient (Wildman–Crippen LogP) is 4.39. The monoisotopic (exact) mass is 438 g/mol. The molecule has 2 heterocycles. The maximum absolute atomic E-state index is 13.0. The molecular formula is C23H26N4O3S. The smallest absolute Gasteiger partial charge is 0.264 e. The number of aryl methyl sites for hydroxylation is 2. The second-order valence-electron chi connectivity index (χ2n) is 8.12. The fraction of sp³-hybridized carbons (Fsp3) is 0.304. The van der Waals surface area contributed by atoms with Crippen LogP contribution in [0.25, 0.3) is 11.3 Å². The van der Waals surface area contributed by atoms with Gasteiger partial charge in [-0.2, -0.15) is 4.98 Å². The zero-order valence-corrected chi connectivity index (χ0v) is 18.8. The average Bonchev–Trinajstić information content (AvgIpc) is 2.70. The zero-order chi connectivity index (χ0) is 22.2. The van der Waals surface area contributed by atoms with Crippen LogP contribution in [0.4, 0.5) is 11.6 Å². The van der Waals surface area contributed by atoms with Gasteiger partial charge in [0, 0.05) is 17.3 Å². The van der Waals surface area contributed by atoms with Crippen LogP contribution in [0.3, 0.4) is 0 Å². The quantitative estimate of drug-likeness (QED) is 0.616. The molecule has 162 valence electrons. The van der Waals surface area contributed by atoms with Crippen molar-refractivity contribution in [1.29, 1.82) is 0 Å². The van der Waals surface area contributed by atoms with Crippen LogP contribution in [-0.2, 0) is 10.0 Å². The molecule has 4 bridgehead atoms. The van der Waals surface area contributed by atoms with Gasteiger partial charge in [-0.3, -0.25) is 0 Å². The third-order valence-electron chi connectivity index (χ3n) is 5.38. The molecule has 3 aromatic rings. The van der Waals surface area contributed by atoms with Crippen molar-refractivity contribution in [2.24, 2.45) is 5.92 Å². The molecule has 0 amide bonds. The van der Waals surface area contributed by atoms with Gasteiger partial charge in [0.2, 0.25) is 11.8 Å². The molecule has 1 unspecified atom stereocenters. The number of anilines is 2. The number of nitrogens with one attached hydrogen (secondary N) is 2. The van der Waals surface area contributed by atoms with Crippen LogP contribution in [-0.4, -0.2) is 31.0 Å². The summed E-state index contributed by atoms with van der Waals surface area (Å²) in [4.78, 5) is 8.99. The number of aromatic nitrogens is 2. The first-order valence-corrected chi connectivity index (χ1v) is 11.7. The molecule has 31 heavy (non-hydrogen) atoms. The van der Waals surface area contributed by atoms with E-state index in [1.54, 1.807) is 24.3 Å². The molecule has 1 aliphatic heterocycles. The highest BCUT2D eigenvalue weighted by Gasteiger charge is 2.22. The molecule has 1 aromatic heterocycles. The Morgan fingerprint density at radius 2 is 1.74 bits per heavy atom. The summed E-state index contributed by atoms with van der Waals surface area (Å²) in [5.74, 6) is 0.554. The van der Waals surface area contributed by atoms with Gasteiger partial charge in [0.1, 0.15) is 6.61 Å². The number of benzene rings is 2. The largest absolute Gasteiger partial charge is 0.475 e. The molecule has 0 radical (unpaired) electrons. The Kier molecular flexibility index (Phi) is 5.58. The van der Waals surface area contributed by atoms with Crippen molar-refractivity contribution in [3.05, 3.63) is 59.7 Å². The van der Waals surface area contributed by atoms with E-state index in [1.165, 1.54) is 0 Å². The number of ether oxygens (including phenoxy) is 1. The molecule has 0 spiro atoms. The van der Waals surface area contributed by atoms with Crippen molar-refractivity contribution >= 4 is 21.7 Å². The summed E-state index contributed by atoms with van der Waals surface area (Å²) in [6, 6.07) is 14.4. The highest BCUT2D eigenvalue weighted by molar-refractivity contribution is 7.92. The predicted molar refractivity (Wildman–Crippen MR) is 122 cm³/mol. The fourth-order valence-corrected chi connectivity index (χ4v) is 4.60. The lowest BCUT2D eigenvalue weighted by Crippen LogP contribution is -2.32. The summed E-state index contributed by atoms with van der Waals surface area (Å²) in [6.45, 7) is 8.54. The molecule has 2 aromatic carbocycles. The Morgan fingerprint density at radius 3 is 2.45 bits per heavy atom. The van der Waals surface area contributed by atoms with Gasteiger partial charge in [0.05, 0.1) is 16.6 Å². The highest BCUT2D eigenvalue weighted by atomic mass is 32.2. The second kappa shape index (κ2) is 8.19. The molecular weight excluding hydrogens is 412 g/mol. The van der Waals surface area contributed by atoms with E-state index in [0.29, 0.717) is 23.9 Å². The third-order valence-corrected chi connectivity index (χ3v) is 6.70. The van der Waals surface area contributed by atoms with E-state index in [9.17, 15) is 8.42 Å². The topological polar surface area (TPSA) is 93.2 Å². The van der Waals surface area contributed by atoms with Crippen LogP contribution in [0.1, 0.15) is 25.0 Å². The zero-order valence-electron chi connectivity index (χ0n) is 18.0. The Bertz CT molecular complexity index is 1200. The van der Waals surface area contributed by atoms with Crippen molar-refractivity contribution in [3.63, 3.8) is 0 Å². The minimum absolute atomic E-state index is 0.0183. The lowest BCUT2D eigenvalue weighted by Gasteiger charge is -2.24. The molecule has 0 saturated heterocycles. The molecule has 1 atom stereocenters. The Morgan fingerprint density at radius 1 is 1.03 bits per heavy atom. The van der Waals surface area contributed by atoms with E-state index in [-0.39, 0.29) is 22.8 Å². The van der Waals surface area contributed by atoms with Crippen LogP contribution >= 0.6 is 0 Å². The summed E-state index contributed by atoms with van der Waals surface area (Å²) >= 11 is 0. The summed E-state index contributed by atoms with van der Waals surface area (Å²) in [7, 11) is -3.87. The van der Waals surface area contributed by atoms with Crippen LogP contribution in [0.2, 0.25) is 0 Å². The molecule has 4 rings (SSSR count). The second-order valence-corrected chi connectivity index (χ2v) is 9.80. The number of nitrogens with zero attached hydrogens (tertiary/aromatic N) is 2. The number of hydrogen-bond acceptors (Lipinski definition) is 6. The Hall–Kier alpha value is -3.13. The van der Waals surface area contributed by atoms with E-state index in [4.69, 9.17) is 4.74 Å². The lowest BCUT2D eigenvalue weighted by atomic mass is 10.00. The summed E-state index contributed by atoms with van der Waals surface area (Å²) in [6.07, 6.45) is 0. The maximum Gasteiger partial charge on any atom is 0.264 e. The number of fused-ring (bicyclic) bond motifs is 4. The number of sulfonamides is 1. The van der Waals surface area contributed by atoms with Crippen LogP contribution in [0.15, 0.2) is 53.4 Å². The van der Waals surface area contributed by atoms with Gasteiger partial charge < -0.3 is 10.1 Å². The van der Waals surface area contributed by atoms with E-state index in [2.05, 4.69) is 33.9 Å². The summed E-state index contributed by atoms with van der Waals surface area (Å²) in [5, 5.41) is 3.39.